The molecule has 9 heteroatoms. The van der Waals surface area contributed by atoms with Gasteiger partial charge in [-0.05, 0) is 42.3 Å². The highest BCUT2D eigenvalue weighted by atomic mass is 32.2. The first-order chi connectivity index (χ1) is 13.4. The molecule has 3 aromatic rings. The standard InChI is InChI=1S/C19H16N4O4S/c20-12-17-16(7-4-9-21-17)18-11-14(8-10-22-19(24)25)13-23(18)28(26,27)15-5-2-1-3-6-15/h1-7,9,11,13,22H,8,10H2,(H,24,25). The van der Waals surface area contributed by atoms with Gasteiger partial charge in [-0.25, -0.2) is 22.2 Å². The minimum atomic E-state index is -3.92. The van der Waals surface area contributed by atoms with Crippen LogP contribution in [0.2, 0.25) is 0 Å². The van der Waals surface area contributed by atoms with Gasteiger partial charge >= 0.3 is 6.09 Å². The second-order valence-corrected chi connectivity index (χ2v) is 7.66. The van der Waals surface area contributed by atoms with Crippen molar-refractivity contribution in [3.8, 4) is 17.3 Å². The smallest absolute Gasteiger partial charge is 0.404 e. The van der Waals surface area contributed by atoms with E-state index in [0.717, 1.165) is 3.97 Å². The summed E-state index contributed by atoms with van der Waals surface area (Å²) in [5, 5.41) is 20.3. The van der Waals surface area contributed by atoms with Crippen LogP contribution in [0.3, 0.4) is 0 Å². The van der Waals surface area contributed by atoms with E-state index >= 15 is 0 Å². The van der Waals surface area contributed by atoms with Crippen LogP contribution in [0, 0.1) is 11.3 Å². The molecule has 0 atom stereocenters. The van der Waals surface area contributed by atoms with Crippen molar-refractivity contribution < 1.29 is 18.3 Å². The first-order valence-electron chi connectivity index (χ1n) is 8.27. The highest BCUT2D eigenvalue weighted by molar-refractivity contribution is 7.90. The third-order valence-corrected chi connectivity index (χ3v) is 5.71. The van der Waals surface area contributed by atoms with Crippen molar-refractivity contribution in [2.45, 2.75) is 11.3 Å². The van der Waals surface area contributed by atoms with E-state index in [4.69, 9.17) is 5.11 Å². The predicted molar refractivity (Wildman–Crippen MR) is 101 cm³/mol. The molecule has 2 N–H and O–H groups in total. The van der Waals surface area contributed by atoms with E-state index in [2.05, 4.69) is 10.3 Å². The zero-order valence-corrected chi connectivity index (χ0v) is 15.4. The van der Waals surface area contributed by atoms with Crippen molar-refractivity contribution in [1.82, 2.24) is 14.3 Å². The molecule has 0 saturated heterocycles. The van der Waals surface area contributed by atoms with E-state index in [1.165, 1.54) is 24.5 Å². The molecule has 0 aliphatic rings. The molecule has 0 fully saturated rings. The maximum atomic E-state index is 13.2. The highest BCUT2D eigenvalue weighted by Crippen LogP contribution is 2.28. The molecule has 0 bridgehead atoms. The lowest BCUT2D eigenvalue weighted by Gasteiger charge is -2.11. The van der Waals surface area contributed by atoms with Crippen molar-refractivity contribution in [2.75, 3.05) is 6.54 Å². The number of rotatable bonds is 6. The summed E-state index contributed by atoms with van der Waals surface area (Å²) < 4.78 is 27.5. The summed E-state index contributed by atoms with van der Waals surface area (Å²) in [7, 11) is -3.92. The summed E-state index contributed by atoms with van der Waals surface area (Å²) in [4.78, 5) is 14.8. The van der Waals surface area contributed by atoms with Crippen LogP contribution in [0.25, 0.3) is 11.3 Å². The van der Waals surface area contributed by atoms with Crippen LogP contribution in [0.1, 0.15) is 11.3 Å². The number of pyridine rings is 1. The minimum absolute atomic E-state index is 0.0975. The molecule has 0 spiro atoms. The maximum Gasteiger partial charge on any atom is 0.404 e. The molecule has 2 heterocycles. The number of hydrogen-bond donors (Lipinski definition) is 2. The van der Waals surface area contributed by atoms with Gasteiger partial charge < -0.3 is 10.4 Å². The van der Waals surface area contributed by atoms with E-state index in [0.29, 0.717) is 23.2 Å². The molecule has 0 radical (unpaired) electrons. The molecule has 2 aromatic heterocycles. The minimum Gasteiger partial charge on any atom is -0.465 e. The summed E-state index contributed by atoms with van der Waals surface area (Å²) >= 11 is 0. The Morgan fingerprint density at radius 2 is 1.96 bits per heavy atom. The molecule has 0 saturated carbocycles. The number of hydrogen-bond acceptors (Lipinski definition) is 5. The Hall–Kier alpha value is -3.64. The van der Waals surface area contributed by atoms with E-state index < -0.39 is 16.1 Å². The van der Waals surface area contributed by atoms with Gasteiger partial charge in [0.2, 0.25) is 0 Å². The Bertz CT molecular complexity index is 1150. The van der Waals surface area contributed by atoms with Crippen LogP contribution in [0.15, 0.2) is 65.8 Å². The van der Waals surface area contributed by atoms with E-state index in [1.54, 1.807) is 36.4 Å². The van der Waals surface area contributed by atoms with Crippen LogP contribution in [-0.2, 0) is 16.4 Å². The molecule has 1 amide bonds. The van der Waals surface area contributed by atoms with Crippen molar-refractivity contribution >= 4 is 16.1 Å². The summed E-state index contributed by atoms with van der Waals surface area (Å²) in [6.07, 6.45) is 2.03. The fourth-order valence-corrected chi connectivity index (χ4v) is 4.16. The van der Waals surface area contributed by atoms with Gasteiger partial charge in [-0.2, -0.15) is 5.26 Å². The fraction of sp³-hybridized carbons (Fsp3) is 0.105. The van der Waals surface area contributed by atoms with Crippen LogP contribution in [0.4, 0.5) is 4.79 Å². The molecule has 8 nitrogen and oxygen atoms in total. The summed E-state index contributed by atoms with van der Waals surface area (Å²) in [5.41, 5.74) is 1.37. The lowest BCUT2D eigenvalue weighted by atomic mass is 10.1. The topological polar surface area (TPSA) is 125 Å². The Kier molecular flexibility index (Phi) is 5.42. The van der Waals surface area contributed by atoms with Gasteiger partial charge in [0.1, 0.15) is 11.8 Å². The normalized spacial score (nSPS) is 11.0. The quantitative estimate of drug-likeness (QED) is 0.659. The number of aromatic nitrogens is 2. The summed E-state index contributed by atoms with van der Waals surface area (Å²) in [6, 6.07) is 14.8. The summed E-state index contributed by atoms with van der Waals surface area (Å²) in [5.74, 6) is 0. The van der Waals surface area contributed by atoms with Crippen LogP contribution in [-0.4, -0.2) is 35.1 Å². The molecule has 1 aromatic carbocycles. The fourth-order valence-electron chi connectivity index (χ4n) is 2.75. The van der Waals surface area contributed by atoms with Gasteiger partial charge in [0.05, 0.1) is 10.6 Å². The zero-order valence-electron chi connectivity index (χ0n) is 14.6. The third kappa shape index (κ3) is 3.87. The predicted octanol–water partition coefficient (Wildman–Crippen LogP) is 2.47. The highest BCUT2D eigenvalue weighted by Gasteiger charge is 2.23. The maximum absolute atomic E-state index is 13.2. The first kappa shape index (κ1) is 19.1. The number of amides is 1. The molecule has 0 unspecified atom stereocenters. The first-order valence-corrected chi connectivity index (χ1v) is 9.71. The van der Waals surface area contributed by atoms with E-state index in [-0.39, 0.29) is 17.1 Å². The van der Waals surface area contributed by atoms with Crippen molar-refractivity contribution in [3.05, 3.63) is 72.2 Å². The van der Waals surface area contributed by atoms with Gasteiger partial charge in [-0.1, -0.05) is 18.2 Å². The van der Waals surface area contributed by atoms with Gasteiger partial charge in [0.25, 0.3) is 10.0 Å². The average Bonchev–Trinajstić information content (AvgIpc) is 3.13. The van der Waals surface area contributed by atoms with Crippen molar-refractivity contribution in [1.29, 1.82) is 5.26 Å². The SMILES string of the molecule is N#Cc1ncccc1-c1cc(CCNC(=O)O)cn1S(=O)(=O)c1ccccc1. The van der Waals surface area contributed by atoms with Crippen LogP contribution >= 0.6 is 0 Å². The number of carboxylic acid groups (broad SMARTS) is 1. The molecular weight excluding hydrogens is 380 g/mol. The Labute approximate surface area is 161 Å². The molecular formula is C19H16N4O4S. The lowest BCUT2D eigenvalue weighted by molar-refractivity contribution is 0.194. The van der Waals surface area contributed by atoms with Gasteiger partial charge in [0, 0.05) is 24.5 Å². The van der Waals surface area contributed by atoms with Gasteiger partial charge in [-0.15, -0.1) is 0 Å². The van der Waals surface area contributed by atoms with E-state index in [1.807, 2.05) is 6.07 Å². The second kappa shape index (κ2) is 7.94. The monoisotopic (exact) mass is 396 g/mol. The van der Waals surface area contributed by atoms with Crippen molar-refractivity contribution in [2.24, 2.45) is 0 Å². The number of nitriles is 1. The number of nitrogens with zero attached hydrogens (tertiary/aromatic N) is 3. The molecule has 3 rings (SSSR count). The van der Waals surface area contributed by atoms with Gasteiger partial charge in [-0.3, -0.25) is 0 Å². The Morgan fingerprint density at radius 1 is 1.21 bits per heavy atom. The zero-order chi connectivity index (χ0) is 20.1. The lowest BCUT2D eigenvalue weighted by Crippen LogP contribution is -2.23. The second-order valence-electron chi connectivity index (χ2n) is 5.84. The Morgan fingerprint density at radius 3 is 2.64 bits per heavy atom. The molecule has 28 heavy (non-hydrogen) atoms. The molecule has 142 valence electrons. The average molecular weight is 396 g/mol. The third-order valence-electron chi connectivity index (χ3n) is 4.02. The number of benzene rings is 1. The largest absolute Gasteiger partial charge is 0.465 e. The number of nitrogens with one attached hydrogen (secondary N) is 1. The van der Waals surface area contributed by atoms with Crippen LogP contribution in [0.5, 0.6) is 0 Å². The summed E-state index contributed by atoms with van der Waals surface area (Å²) in [6.45, 7) is 0.127. The molecule has 0 aliphatic carbocycles. The van der Waals surface area contributed by atoms with E-state index in [9.17, 15) is 18.5 Å². The molecule has 0 aliphatic heterocycles. The van der Waals surface area contributed by atoms with Crippen LogP contribution < -0.4 is 5.32 Å². The van der Waals surface area contributed by atoms with Gasteiger partial charge in [0.15, 0.2) is 0 Å². The number of carbonyl (C=O) groups is 1. The van der Waals surface area contributed by atoms with Crippen molar-refractivity contribution in [3.63, 3.8) is 0 Å². The Balaban J connectivity index is 2.13.